The Hall–Kier alpha value is -3.24. The topological polar surface area (TPSA) is 116 Å². The first-order valence-electron chi connectivity index (χ1n) is 8.87. The van der Waals surface area contributed by atoms with Crippen LogP contribution < -0.4 is 16.2 Å². The van der Waals surface area contributed by atoms with Crippen molar-refractivity contribution in [2.75, 3.05) is 20.5 Å². The molecule has 0 saturated heterocycles. The first kappa shape index (κ1) is 21.5. The van der Waals surface area contributed by atoms with Crippen molar-refractivity contribution in [3.63, 3.8) is 0 Å². The van der Waals surface area contributed by atoms with Crippen LogP contribution in [0.3, 0.4) is 0 Å². The second-order valence-electron chi connectivity index (χ2n) is 6.93. The number of aromatic nitrogens is 2. The molecule has 30 heavy (non-hydrogen) atoms. The maximum Gasteiger partial charge on any atom is 0.269 e. The number of alkyl halides is 3. The van der Waals surface area contributed by atoms with Gasteiger partial charge in [0.2, 0.25) is 5.88 Å². The number of methoxy groups -OCH3 is 1. The third kappa shape index (κ3) is 3.55. The fourth-order valence-corrected chi connectivity index (χ4v) is 3.30. The van der Waals surface area contributed by atoms with Gasteiger partial charge in [0.15, 0.2) is 11.4 Å². The molecule has 160 valence electrons. The predicted octanol–water partition coefficient (Wildman–Crippen LogP) is 2.38. The molecular formula is C19H19F4N5O2. The van der Waals surface area contributed by atoms with Crippen molar-refractivity contribution in [2.24, 2.45) is 16.5 Å². The average Bonchev–Trinajstić information content (AvgIpc) is 2.75. The molecule has 0 aliphatic carbocycles. The molecular weight excluding hydrogens is 406 g/mol. The quantitative estimate of drug-likeness (QED) is 0.690. The molecule has 4 N–H and O–H groups in total. The van der Waals surface area contributed by atoms with Crippen molar-refractivity contribution < 1.29 is 27.1 Å². The Bertz CT molecular complexity index is 1020. The fourth-order valence-electron chi connectivity index (χ4n) is 3.30. The first-order valence-corrected chi connectivity index (χ1v) is 8.87. The summed E-state index contributed by atoms with van der Waals surface area (Å²) in [4.78, 5) is 23.6. The normalized spacial score (nSPS) is 23.7. The Balaban J connectivity index is 2.19. The van der Waals surface area contributed by atoms with E-state index in [0.717, 1.165) is 6.07 Å². The van der Waals surface area contributed by atoms with Crippen LogP contribution in [0.5, 0.6) is 5.88 Å². The van der Waals surface area contributed by atoms with Crippen molar-refractivity contribution >= 4 is 11.7 Å². The molecule has 11 heteroatoms. The molecule has 1 aliphatic heterocycles. The predicted molar refractivity (Wildman–Crippen MR) is 101 cm³/mol. The monoisotopic (exact) mass is 425 g/mol. The van der Waals surface area contributed by atoms with Gasteiger partial charge in [-0.05, 0) is 31.0 Å². The SMILES string of the molecule is COc1cnc(C(N)=O)c(-c2ccc(F)c([C@]3(CF)CC[C@@](F)(CF)C(N)=N3)c2)n1. The van der Waals surface area contributed by atoms with Crippen molar-refractivity contribution in [1.82, 2.24) is 9.97 Å². The minimum absolute atomic E-state index is 0.0199. The number of nitrogens with two attached hydrogens (primary N) is 2. The molecule has 2 atom stereocenters. The highest BCUT2D eigenvalue weighted by molar-refractivity contribution is 5.97. The van der Waals surface area contributed by atoms with Gasteiger partial charge in [-0.2, -0.15) is 0 Å². The average molecular weight is 425 g/mol. The highest BCUT2D eigenvalue weighted by Gasteiger charge is 2.47. The number of halogens is 4. The second-order valence-corrected chi connectivity index (χ2v) is 6.93. The van der Waals surface area contributed by atoms with Crippen LogP contribution in [0.4, 0.5) is 17.6 Å². The summed E-state index contributed by atoms with van der Waals surface area (Å²) in [6.45, 7) is -2.63. The molecule has 1 aromatic heterocycles. The minimum atomic E-state index is -2.52. The molecule has 1 amide bonds. The molecule has 0 fully saturated rings. The van der Waals surface area contributed by atoms with Gasteiger partial charge in [0.05, 0.1) is 13.3 Å². The zero-order valence-electron chi connectivity index (χ0n) is 16.0. The van der Waals surface area contributed by atoms with Gasteiger partial charge in [0, 0.05) is 11.1 Å². The minimum Gasteiger partial charge on any atom is -0.480 e. The van der Waals surface area contributed by atoms with E-state index in [1.165, 1.54) is 25.4 Å². The molecule has 0 unspecified atom stereocenters. The lowest BCUT2D eigenvalue weighted by Gasteiger charge is -2.37. The molecule has 2 aromatic rings. The molecule has 7 nitrogen and oxygen atoms in total. The number of hydrogen-bond acceptors (Lipinski definition) is 6. The number of carbonyl (C=O) groups excluding carboxylic acids is 1. The van der Waals surface area contributed by atoms with Crippen LogP contribution in [-0.4, -0.2) is 47.8 Å². The summed E-state index contributed by atoms with van der Waals surface area (Å²) in [6.07, 6.45) is 0.385. The fraction of sp³-hybridized carbons (Fsp3) is 0.368. The van der Waals surface area contributed by atoms with Gasteiger partial charge in [-0.25, -0.2) is 27.5 Å². The van der Waals surface area contributed by atoms with Crippen molar-refractivity contribution in [3.8, 4) is 17.1 Å². The number of benzene rings is 1. The highest BCUT2D eigenvalue weighted by Crippen LogP contribution is 2.42. The van der Waals surface area contributed by atoms with E-state index in [1.54, 1.807) is 0 Å². The van der Waals surface area contributed by atoms with Crippen molar-refractivity contribution in [2.45, 2.75) is 24.0 Å². The summed E-state index contributed by atoms with van der Waals surface area (Å²) >= 11 is 0. The number of aliphatic imine (C=N–C) groups is 1. The van der Waals surface area contributed by atoms with Gasteiger partial charge in [0.25, 0.3) is 5.91 Å². The Kier molecular flexibility index (Phi) is 5.64. The number of amidine groups is 1. The summed E-state index contributed by atoms with van der Waals surface area (Å²) in [7, 11) is 1.33. The largest absolute Gasteiger partial charge is 0.480 e. The summed E-state index contributed by atoms with van der Waals surface area (Å²) in [5.74, 6) is -2.41. The summed E-state index contributed by atoms with van der Waals surface area (Å²) < 4.78 is 61.3. The standard InChI is InChI=1S/C19H19F4N5O2/c1-30-13-7-26-15(16(24)29)14(27-13)10-2-3-12(22)11(6-10)19(9-21)5-4-18(23,8-20)17(25)28-19/h2-3,6-7H,4-5,8-9H2,1H3,(H2,24,29)(H2,25,28)/t18-,19-/m1/s1. The molecule has 2 heterocycles. The highest BCUT2D eigenvalue weighted by atomic mass is 19.2. The zero-order valence-corrected chi connectivity index (χ0v) is 16.0. The molecule has 0 saturated carbocycles. The zero-order chi connectivity index (χ0) is 22.1. The van der Waals surface area contributed by atoms with E-state index in [0.29, 0.717) is 0 Å². The molecule has 3 rings (SSSR count). The van der Waals surface area contributed by atoms with Crippen molar-refractivity contribution in [1.29, 1.82) is 0 Å². The van der Waals surface area contributed by atoms with Crippen LogP contribution >= 0.6 is 0 Å². The van der Waals surface area contributed by atoms with Gasteiger partial charge in [-0.3, -0.25) is 9.79 Å². The lowest BCUT2D eigenvalue weighted by atomic mass is 9.79. The number of nitrogens with zero attached hydrogens (tertiary/aromatic N) is 3. The van der Waals surface area contributed by atoms with E-state index in [2.05, 4.69) is 15.0 Å². The van der Waals surface area contributed by atoms with Crippen LogP contribution in [-0.2, 0) is 5.54 Å². The Labute approximate surface area is 169 Å². The van der Waals surface area contributed by atoms with E-state index in [1.807, 2.05) is 0 Å². The Morgan fingerprint density at radius 1 is 1.27 bits per heavy atom. The van der Waals surface area contributed by atoms with E-state index >= 15 is 0 Å². The van der Waals surface area contributed by atoms with Gasteiger partial charge in [-0.15, -0.1) is 0 Å². The van der Waals surface area contributed by atoms with Crippen LogP contribution in [0.1, 0.15) is 28.9 Å². The van der Waals surface area contributed by atoms with E-state index in [9.17, 15) is 22.4 Å². The number of rotatable bonds is 6. The molecule has 0 bridgehead atoms. The van der Waals surface area contributed by atoms with Crippen LogP contribution in [0.2, 0.25) is 0 Å². The third-order valence-electron chi connectivity index (χ3n) is 5.10. The van der Waals surface area contributed by atoms with Crippen LogP contribution in [0.15, 0.2) is 29.4 Å². The summed E-state index contributed by atoms with van der Waals surface area (Å²) in [5.41, 5.74) is 6.22. The summed E-state index contributed by atoms with van der Waals surface area (Å²) in [6, 6.07) is 3.52. The van der Waals surface area contributed by atoms with Crippen LogP contribution in [0, 0.1) is 5.82 Å². The third-order valence-corrected chi connectivity index (χ3v) is 5.10. The van der Waals surface area contributed by atoms with E-state index in [4.69, 9.17) is 16.2 Å². The molecule has 0 spiro atoms. The number of primary amides is 1. The summed E-state index contributed by atoms with van der Waals surface area (Å²) in [5, 5.41) is 0. The first-order chi connectivity index (χ1) is 14.2. The van der Waals surface area contributed by atoms with Gasteiger partial charge in [-0.1, -0.05) is 0 Å². The maximum atomic E-state index is 14.7. The van der Waals surface area contributed by atoms with Gasteiger partial charge >= 0.3 is 0 Å². The Morgan fingerprint density at radius 2 is 2.00 bits per heavy atom. The van der Waals surface area contributed by atoms with E-state index in [-0.39, 0.29) is 34.8 Å². The number of carbonyl (C=O) groups is 1. The lowest BCUT2D eigenvalue weighted by Crippen LogP contribution is -2.49. The Morgan fingerprint density at radius 3 is 2.57 bits per heavy atom. The smallest absolute Gasteiger partial charge is 0.269 e. The number of hydrogen-bond donors (Lipinski definition) is 2. The number of ether oxygens (including phenoxy) is 1. The van der Waals surface area contributed by atoms with Crippen LogP contribution in [0.25, 0.3) is 11.3 Å². The van der Waals surface area contributed by atoms with E-state index < -0.39 is 48.5 Å². The lowest BCUT2D eigenvalue weighted by molar-refractivity contribution is 0.0996. The molecule has 0 radical (unpaired) electrons. The maximum absolute atomic E-state index is 14.7. The second kappa shape index (κ2) is 7.88. The van der Waals surface area contributed by atoms with Gasteiger partial charge < -0.3 is 16.2 Å². The molecule has 1 aliphatic rings. The molecule has 1 aromatic carbocycles. The van der Waals surface area contributed by atoms with Crippen molar-refractivity contribution in [3.05, 3.63) is 41.5 Å². The van der Waals surface area contributed by atoms with Gasteiger partial charge in [0.1, 0.15) is 36.2 Å². The number of amides is 1.